The number of piperidine rings is 1. The zero-order valence-corrected chi connectivity index (χ0v) is 16.4. The molecule has 0 radical (unpaired) electrons. The summed E-state index contributed by atoms with van der Waals surface area (Å²) in [7, 11) is 0. The number of nitrogens with one attached hydrogen (secondary N) is 1. The van der Waals surface area contributed by atoms with E-state index >= 15 is 0 Å². The van der Waals surface area contributed by atoms with Crippen molar-refractivity contribution in [3.8, 4) is 0 Å². The molecule has 1 heterocycles. The predicted octanol–water partition coefficient (Wildman–Crippen LogP) is 4.75. The number of carbonyl (C=O) groups excluding carboxylic acids is 1. The van der Waals surface area contributed by atoms with Gasteiger partial charge in [0.25, 0.3) is 0 Å². The number of benzene rings is 2. The van der Waals surface area contributed by atoms with Crippen LogP contribution in [0.15, 0.2) is 48.5 Å². The van der Waals surface area contributed by atoms with Crippen molar-refractivity contribution in [1.82, 2.24) is 10.2 Å². The van der Waals surface area contributed by atoms with Crippen LogP contribution in [0.4, 0.5) is 0 Å². The van der Waals surface area contributed by atoms with Crippen LogP contribution in [0, 0.1) is 5.92 Å². The highest BCUT2D eigenvalue weighted by Gasteiger charge is 2.29. The van der Waals surface area contributed by atoms with Crippen molar-refractivity contribution in [3.63, 3.8) is 0 Å². The lowest BCUT2D eigenvalue weighted by Gasteiger charge is -2.34. The molecular weight excluding hydrogens is 356 g/mol. The number of carbonyl (C=O) groups is 1. The van der Waals surface area contributed by atoms with Crippen LogP contribution in [-0.4, -0.2) is 23.9 Å². The van der Waals surface area contributed by atoms with Gasteiger partial charge in [0.15, 0.2) is 0 Å². The average Bonchev–Trinajstić information content (AvgIpc) is 2.70. The highest BCUT2D eigenvalue weighted by atomic mass is 35.5. The molecule has 1 saturated heterocycles. The Morgan fingerprint density at radius 3 is 2.78 bits per heavy atom. The maximum absolute atomic E-state index is 13.0. The summed E-state index contributed by atoms with van der Waals surface area (Å²) in [6.07, 6.45) is 5.34. The highest BCUT2D eigenvalue weighted by molar-refractivity contribution is 6.31. The molecule has 0 saturated carbocycles. The van der Waals surface area contributed by atoms with E-state index in [1.54, 1.807) is 0 Å². The number of aryl methyl sites for hydroxylation is 1. The molecule has 1 aliphatic carbocycles. The average molecular weight is 383 g/mol. The van der Waals surface area contributed by atoms with E-state index in [2.05, 4.69) is 40.5 Å². The second-order valence-corrected chi connectivity index (χ2v) is 8.23. The first-order chi connectivity index (χ1) is 13.2. The molecule has 1 fully saturated rings. The monoisotopic (exact) mass is 382 g/mol. The van der Waals surface area contributed by atoms with E-state index < -0.39 is 0 Å². The van der Waals surface area contributed by atoms with Crippen LogP contribution in [0.2, 0.25) is 5.02 Å². The van der Waals surface area contributed by atoms with Gasteiger partial charge in [-0.3, -0.25) is 9.69 Å². The molecule has 4 rings (SSSR count). The van der Waals surface area contributed by atoms with E-state index in [4.69, 9.17) is 11.6 Å². The van der Waals surface area contributed by atoms with Crippen LogP contribution in [0.3, 0.4) is 0 Å². The van der Waals surface area contributed by atoms with Gasteiger partial charge in [-0.1, -0.05) is 54.1 Å². The summed E-state index contributed by atoms with van der Waals surface area (Å²) in [5.41, 5.74) is 3.83. The summed E-state index contributed by atoms with van der Waals surface area (Å²) < 4.78 is 0. The Hall–Kier alpha value is -1.84. The zero-order valence-electron chi connectivity index (χ0n) is 15.7. The molecule has 0 aromatic heterocycles. The molecule has 3 nitrogen and oxygen atoms in total. The van der Waals surface area contributed by atoms with Gasteiger partial charge >= 0.3 is 0 Å². The molecule has 2 aliphatic rings. The summed E-state index contributed by atoms with van der Waals surface area (Å²) in [5, 5.41) is 4.16. The minimum absolute atomic E-state index is 0.0651. The standard InChI is InChI=1S/C23H27ClN2O/c24-21-12-4-2-8-18(21)15-26-14-6-10-19(16-26)23(27)25-22-13-5-9-17-7-1-3-11-20(17)22/h1-4,7-8,11-12,19,22H,5-6,9-10,13-16H2,(H,25,27)/t19-,22-/m1/s1. The molecular formula is C23H27ClN2O. The van der Waals surface area contributed by atoms with Crippen molar-refractivity contribution >= 4 is 17.5 Å². The van der Waals surface area contributed by atoms with Crippen molar-refractivity contribution in [3.05, 3.63) is 70.2 Å². The molecule has 4 heteroatoms. The number of hydrogen-bond donors (Lipinski definition) is 1. The van der Waals surface area contributed by atoms with E-state index in [0.717, 1.165) is 62.3 Å². The Labute approximate surface area is 166 Å². The summed E-state index contributed by atoms with van der Waals surface area (Å²) >= 11 is 6.31. The third kappa shape index (κ3) is 4.36. The predicted molar refractivity (Wildman–Crippen MR) is 110 cm³/mol. The topological polar surface area (TPSA) is 32.3 Å². The van der Waals surface area contributed by atoms with E-state index in [9.17, 15) is 4.79 Å². The number of halogens is 1. The van der Waals surface area contributed by atoms with Crippen LogP contribution in [0.1, 0.15) is 48.4 Å². The van der Waals surface area contributed by atoms with Gasteiger partial charge in [-0.2, -0.15) is 0 Å². The molecule has 2 aromatic rings. The molecule has 2 atom stereocenters. The first kappa shape index (κ1) is 18.5. The van der Waals surface area contributed by atoms with Crippen molar-refractivity contribution in [2.75, 3.05) is 13.1 Å². The number of rotatable bonds is 4. The maximum Gasteiger partial charge on any atom is 0.224 e. The Morgan fingerprint density at radius 1 is 1.07 bits per heavy atom. The number of hydrogen-bond acceptors (Lipinski definition) is 2. The second kappa shape index (κ2) is 8.45. The summed E-state index contributed by atoms with van der Waals surface area (Å²) in [6.45, 7) is 2.66. The van der Waals surface area contributed by atoms with Crippen LogP contribution < -0.4 is 5.32 Å². The molecule has 1 N–H and O–H groups in total. The fourth-order valence-corrected chi connectivity index (χ4v) is 4.67. The van der Waals surface area contributed by atoms with Crippen molar-refractivity contribution in [2.45, 2.75) is 44.7 Å². The van der Waals surface area contributed by atoms with Crippen LogP contribution in [-0.2, 0) is 17.8 Å². The first-order valence-electron chi connectivity index (χ1n) is 10.0. The van der Waals surface area contributed by atoms with E-state index in [0.29, 0.717) is 0 Å². The molecule has 142 valence electrons. The Balaban J connectivity index is 1.39. The second-order valence-electron chi connectivity index (χ2n) is 7.82. The molecule has 0 spiro atoms. The zero-order chi connectivity index (χ0) is 18.6. The first-order valence-corrected chi connectivity index (χ1v) is 10.4. The minimum Gasteiger partial charge on any atom is -0.349 e. The third-order valence-corrected chi connectivity index (χ3v) is 6.28. The van der Waals surface area contributed by atoms with Gasteiger partial charge in [0, 0.05) is 18.1 Å². The van der Waals surface area contributed by atoms with E-state index in [-0.39, 0.29) is 17.9 Å². The van der Waals surface area contributed by atoms with Gasteiger partial charge in [0.1, 0.15) is 0 Å². The summed E-state index contributed by atoms with van der Waals surface area (Å²) in [4.78, 5) is 15.3. The van der Waals surface area contributed by atoms with E-state index in [1.165, 1.54) is 11.1 Å². The van der Waals surface area contributed by atoms with Crippen molar-refractivity contribution in [2.24, 2.45) is 5.92 Å². The molecule has 2 aromatic carbocycles. The number of amides is 1. The normalized spacial score (nSPS) is 22.9. The SMILES string of the molecule is O=C(N[C@@H]1CCCc2ccccc21)[C@@H]1CCCN(Cc2ccccc2Cl)C1. The van der Waals surface area contributed by atoms with Crippen molar-refractivity contribution < 1.29 is 4.79 Å². The maximum atomic E-state index is 13.0. The Bertz CT molecular complexity index is 806. The van der Waals surface area contributed by atoms with Gasteiger partial charge in [0.05, 0.1) is 12.0 Å². The number of nitrogens with zero attached hydrogens (tertiary/aromatic N) is 1. The largest absolute Gasteiger partial charge is 0.349 e. The van der Waals surface area contributed by atoms with Gasteiger partial charge < -0.3 is 5.32 Å². The highest BCUT2D eigenvalue weighted by Crippen LogP contribution is 2.30. The minimum atomic E-state index is 0.0651. The molecule has 27 heavy (non-hydrogen) atoms. The Morgan fingerprint density at radius 2 is 1.89 bits per heavy atom. The van der Waals surface area contributed by atoms with Gasteiger partial charge in [0.2, 0.25) is 5.91 Å². The quantitative estimate of drug-likeness (QED) is 0.827. The fourth-order valence-electron chi connectivity index (χ4n) is 4.47. The van der Waals surface area contributed by atoms with Gasteiger partial charge in [-0.15, -0.1) is 0 Å². The molecule has 1 amide bonds. The van der Waals surface area contributed by atoms with Crippen LogP contribution in [0.25, 0.3) is 0 Å². The summed E-state index contributed by atoms with van der Waals surface area (Å²) in [6, 6.07) is 16.7. The molecule has 0 unspecified atom stereocenters. The van der Waals surface area contributed by atoms with Gasteiger partial charge in [-0.25, -0.2) is 0 Å². The lowest BCUT2D eigenvalue weighted by molar-refractivity contribution is -0.127. The lowest BCUT2D eigenvalue weighted by Crippen LogP contribution is -2.44. The smallest absolute Gasteiger partial charge is 0.224 e. The molecule has 1 aliphatic heterocycles. The van der Waals surface area contributed by atoms with Gasteiger partial charge in [-0.05, 0) is 61.4 Å². The van der Waals surface area contributed by atoms with Crippen LogP contribution >= 0.6 is 11.6 Å². The fraction of sp³-hybridized carbons (Fsp3) is 0.435. The number of fused-ring (bicyclic) bond motifs is 1. The number of likely N-dealkylation sites (tertiary alicyclic amines) is 1. The van der Waals surface area contributed by atoms with Crippen LogP contribution in [0.5, 0.6) is 0 Å². The Kier molecular flexibility index (Phi) is 5.80. The molecule has 0 bridgehead atoms. The van der Waals surface area contributed by atoms with E-state index in [1.807, 2.05) is 18.2 Å². The summed E-state index contributed by atoms with van der Waals surface area (Å²) in [5.74, 6) is 0.274. The lowest BCUT2D eigenvalue weighted by atomic mass is 9.87. The third-order valence-electron chi connectivity index (χ3n) is 5.91. The van der Waals surface area contributed by atoms with Crippen molar-refractivity contribution in [1.29, 1.82) is 0 Å².